The number of nitrogens with zero attached hydrogens (tertiary/aromatic N) is 2. The quantitative estimate of drug-likeness (QED) is 0.635. The number of rotatable bonds is 3. The monoisotopic (exact) mass is 326 g/mol. The van der Waals surface area contributed by atoms with Crippen LogP contribution in [-0.2, 0) is 12.4 Å². The number of fused-ring (bicyclic) bond motifs is 1. The minimum atomic E-state index is -0.879. The van der Waals surface area contributed by atoms with Gasteiger partial charge in [0, 0.05) is 6.54 Å². The van der Waals surface area contributed by atoms with Crippen LogP contribution in [0, 0.1) is 11.6 Å². The minimum Gasteiger partial charge on any atom is -0.321 e. The number of para-hydroxylation sites is 1. The maximum absolute atomic E-state index is 13.3. The molecular formula is C15H10Cl2F2N2. The summed E-state index contributed by atoms with van der Waals surface area (Å²) >= 11 is 12.1. The molecule has 21 heavy (non-hydrogen) atoms. The van der Waals surface area contributed by atoms with E-state index in [1.165, 1.54) is 6.07 Å². The summed E-state index contributed by atoms with van der Waals surface area (Å²) in [6.45, 7) is 0.319. The predicted molar refractivity (Wildman–Crippen MR) is 79.8 cm³/mol. The fourth-order valence-electron chi connectivity index (χ4n) is 2.28. The molecule has 0 unspecified atom stereocenters. The largest absolute Gasteiger partial charge is 0.321 e. The lowest BCUT2D eigenvalue weighted by atomic mass is 10.2. The van der Waals surface area contributed by atoms with Gasteiger partial charge in [0.05, 0.1) is 21.9 Å². The smallest absolute Gasteiger partial charge is 0.159 e. The Morgan fingerprint density at radius 3 is 2.62 bits per heavy atom. The molecule has 0 aliphatic rings. The van der Waals surface area contributed by atoms with Gasteiger partial charge in [-0.2, -0.15) is 0 Å². The van der Waals surface area contributed by atoms with E-state index in [1.54, 1.807) is 12.1 Å². The van der Waals surface area contributed by atoms with Crippen molar-refractivity contribution >= 4 is 34.2 Å². The number of aromatic nitrogens is 2. The first-order valence-corrected chi connectivity index (χ1v) is 7.15. The van der Waals surface area contributed by atoms with Gasteiger partial charge in [-0.25, -0.2) is 13.8 Å². The van der Waals surface area contributed by atoms with Gasteiger partial charge in [0.15, 0.2) is 11.6 Å². The van der Waals surface area contributed by atoms with Crippen molar-refractivity contribution in [3.8, 4) is 0 Å². The predicted octanol–water partition coefficient (Wildman–Crippen LogP) is 4.76. The summed E-state index contributed by atoms with van der Waals surface area (Å²) in [6, 6.07) is 9.18. The van der Waals surface area contributed by atoms with Crippen molar-refractivity contribution in [2.24, 2.45) is 0 Å². The standard InChI is InChI=1S/C15H10Cl2F2N2/c16-7-14-20-13-3-1-2-10(17)15(13)21(14)8-9-4-5-11(18)12(19)6-9/h1-6H,7-8H2. The highest BCUT2D eigenvalue weighted by Gasteiger charge is 2.13. The van der Waals surface area contributed by atoms with E-state index in [2.05, 4.69) is 4.98 Å². The van der Waals surface area contributed by atoms with Crippen molar-refractivity contribution in [2.45, 2.75) is 12.4 Å². The average Bonchev–Trinajstić information content (AvgIpc) is 2.82. The molecule has 0 radical (unpaired) electrons. The SMILES string of the molecule is Fc1ccc(Cn2c(CCl)nc3cccc(Cl)c32)cc1F. The zero-order valence-corrected chi connectivity index (χ0v) is 12.3. The first kappa shape index (κ1) is 14.3. The number of benzene rings is 2. The van der Waals surface area contributed by atoms with Crippen molar-refractivity contribution in [2.75, 3.05) is 0 Å². The lowest BCUT2D eigenvalue weighted by Gasteiger charge is -2.09. The van der Waals surface area contributed by atoms with Crippen LogP contribution in [0.15, 0.2) is 36.4 Å². The van der Waals surface area contributed by atoms with Gasteiger partial charge in [-0.15, -0.1) is 11.6 Å². The van der Waals surface area contributed by atoms with Gasteiger partial charge in [0.1, 0.15) is 5.82 Å². The summed E-state index contributed by atoms with van der Waals surface area (Å²) in [7, 11) is 0. The third-order valence-corrected chi connectivity index (χ3v) is 3.78. The van der Waals surface area contributed by atoms with E-state index >= 15 is 0 Å². The average molecular weight is 327 g/mol. The van der Waals surface area contributed by atoms with Gasteiger partial charge in [0.2, 0.25) is 0 Å². The van der Waals surface area contributed by atoms with E-state index in [-0.39, 0.29) is 5.88 Å². The normalized spacial score (nSPS) is 11.2. The Morgan fingerprint density at radius 2 is 1.90 bits per heavy atom. The lowest BCUT2D eigenvalue weighted by molar-refractivity contribution is 0.506. The molecular weight excluding hydrogens is 317 g/mol. The Morgan fingerprint density at radius 1 is 1.10 bits per heavy atom. The molecule has 0 aliphatic carbocycles. The van der Waals surface area contributed by atoms with E-state index in [0.717, 1.165) is 23.2 Å². The molecule has 0 atom stereocenters. The molecule has 0 N–H and O–H groups in total. The van der Waals surface area contributed by atoms with Crippen molar-refractivity contribution in [3.05, 3.63) is 64.4 Å². The number of alkyl halides is 1. The van der Waals surface area contributed by atoms with Crippen LogP contribution in [0.1, 0.15) is 11.4 Å². The second-order valence-electron chi connectivity index (χ2n) is 4.60. The first-order chi connectivity index (χ1) is 10.1. The molecule has 0 bridgehead atoms. The molecule has 0 fully saturated rings. The van der Waals surface area contributed by atoms with E-state index in [1.807, 2.05) is 10.6 Å². The van der Waals surface area contributed by atoms with Gasteiger partial charge in [-0.1, -0.05) is 23.7 Å². The molecule has 3 rings (SSSR count). The van der Waals surface area contributed by atoms with E-state index < -0.39 is 11.6 Å². The molecule has 0 amide bonds. The van der Waals surface area contributed by atoms with Crippen LogP contribution in [0.3, 0.4) is 0 Å². The summed E-state index contributed by atoms with van der Waals surface area (Å²) in [5.41, 5.74) is 2.07. The summed E-state index contributed by atoms with van der Waals surface area (Å²) in [5, 5.41) is 0.541. The minimum absolute atomic E-state index is 0.203. The Balaban J connectivity index is 2.12. The molecule has 0 spiro atoms. The van der Waals surface area contributed by atoms with Gasteiger partial charge in [-0.05, 0) is 29.8 Å². The highest BCUT2D eigenvalue weighted by Crippen LogP contribution is 2.26. The van der Waals surface area contributed by atoms with Crippen molar-refractivity contribution in [1.82, 2.24) is 9.55 Å². The maximum atomic E-state index is 13.3. The van der Waals surface area contributed by atoms with Gasteiger partial charge in [-0.3, -0.25) is 0 Å². The number of hydrogen-bond donors (Lipinski definition) is 0. The maximum Gasteiger partial charge on any atom is 0.159 e. The topological polar surface area (TPSA) is 17.8 Å². The van der Waals surface area contributed by atoms with Crippen molar-refractivity contribution < 1.29 is 8.78 Å². The van der Waals surface area contributed by atoms with E-state index in [0.29, 0.717) is 23.0 Å². The third-order valence-electron chi connectivity index (χ3n) is 3.24. The second kappa shape index (κ2) is 5.62. The number of halogens is 4. The zero-order valence-electron chi connectivity index (χ0n) is 10.8. The summed E-state index contributed by atoms with van der Waals surface area (Å²) in [5.74, 6) is -0.918. The molecule has 2 aromatic carbocycles. The number of hydrogen-bond acceptors (Lipinski definition) is 1. The van der Waals surface area contributed by atoms with E-state index in [4.69, 9.17) is 23.2 Å². The number of imidazole rings is 1. The fourth-order valence-corrected chi connectivity index (χ4v) is 2.76. The van der Waals surface area contributed by atoms with Crippen LogP contribution in [0.2, 0.25) is 5.02 Å². The second-order valence-corrected chi connectivity index (χ2v) is 5.28. The summed E-state index contributed by atoms with van der Waals surface area (Å²) < 4.78 is 28.2. The molecule has 1 heterocycles. The van der Waals surface area contributed by atoms with Crippen molar-refractivity contribution in [1.29, 1.82) is 0 Å². The summed E-state index contributed by atoms with van der Waals surface area (Å²) in [4.78, 5) is 4.41. The first-order valence-electron chi connectivity index (χ1n) is 6.23. The molecule has 3 aromatic rings. The van der Waals surface area contributed by atoms with Crippen LogP contribution in [0.4, 0.5) is 8.78 Å². The Kier molecular flexibility index (Phi) is 3.83. The Bertz CT molecular complexity index is 815. The molecule has 108 valence electrons. The molecule has 0 saturated carbocycles. The van der Waals surface area contributed by atoms with Crippen LogP contribution in [0.25, 0.3) is 11.0 Å². The molecule has 0 aliphatic heterocycles. The van der Waals surface area contributed by atoms with E-state index in [9.17, 15) is 8.78 Å². The molecule has 2 nitrogen and oxygen atoms in total. The Hall–Kier alpha value is -1.65. The van der Waals surface area contributed by atoms with Crippen LogP contribution in [-0.4, -0.2) is 9.55 Å². The van der Waals surface area contributed by atoms with Gasteiger partial charge >= 0.3 is 0 Å². The highest BCUT2D eigenvalue weighted by molar-refractivity contribution is 6.35. The zero-order chi connectivity index (χ0) is 15.0. The molecule has 0 saturated heterocycles. The lowest BCUT2D eigenvalue weighted by Crippen LogP contribution is -2.05. The fraction of sp³-hybridized carbons (Fsp3) is 0.133. The highest BCUT2D eigenvalue weighted by atomic mass is 35.5. The van der Waals surface area contributed by atoms with Gasteiger partial charge < -0.3 is 4.57 Å². The molecule has 6 heteroatoms. The van der Waals surface area contributed by atoms with Crippen molar-refractivity contribution in [3.63, 3.8) is 0 Å². The van der Waals surface area contributed by atoms with Crippen LogP contribution >= 0.6 is 23.2 Å². The summed E-state index contributed by atoms with van der Waals surface area (Å²) in [6.07, 6.45) is 0. The van der Waals surface area contributed by atoms with Gasteiger partial charge in [0.25, 0.3) is 0 Å². The Labute approximate surface area is 129 Å². The third kappa shape index (κ3) is 2.61. The molecule has 1 aromatic heterocycles. The van der Waals surface area contributed by atoms with Crippen LogP contribution < -0.4 is 0 Å². The van der Waals surface area contributed by atoms with Crippen LogP contribution in [0.5, 0.6) is 0 Å².